The fourth-order valence-corrected chi connectivity index (χ4v) is 2.73. The highest BCUT2D eigenvalue weighted by molar-refractivity contribution is 7.12. The highest BCUT2D eigenvalue weighted by Gasteiger charge is 2.25. The van der Waals surface area contributed by atoms with E-state index in [1.807, 2.05) is 17.5 Å². The summed E-state index contributed by atoms with van der Waals surface area (Å²) < 4.78 is 5.18. The van der Waals surface area contributed by atoms with Crippen molar-refractivity contribution in [2.24, 2.45) is 0 Å². The predicted molar refractivity (Wildman–Crippen MR) is 78.1 cm³/mol. The van der Waals surface area contributed by atoms with Crippen molar-refractivity contribution >= 4 is 23.3 Å². The number of amides is 2. The maximum Gasteiger partial charge on any atom is 0.409 e. The predicted octanol–water partition coefficient (Wildman–Crippen LogP) is 2.44. The van der Waals surface area contributed by atoms with Crippen molar-refractivity contribution in [1.29, 1.82) is 0 Å². The van der Waals surface area contributed by atoms with Crippen LogP contribution in [0.4, 0.5) is 4.79 Å². The van der Waals surface area contributed by atoms with E-state index >= 15 is 0 Å². The van der Waals surface area contributed by atoms with Crippen molar-refractivity contribution in [3.05, 3.63) is 22.4 Å². The molecule has 0 spiro atoms. The van der Waals surface area contributed by atoms with Crippen LogP contribution in [0, 0.1) is 0 Å². The number of hydrogen-bond acceptors (Lipinski definition) is 4. The summed E-state index contributed by atoms with van der Waals surface area (Å²) in [5.41, 5.74) is 0. The number of carbonyl (C=O) groups is 2. The summed E-state index contributed by atoms with van der Waals surface area (Å²) in [5, 5.41) is 1.90. The summed E-state index contributed by atoms with van der Waals surface area (Å²) in [5.74, 6) is 0.0546. The van der Waals surface area contributed by atoms with E-state index in [4.69, 9.17) is 4.74 Å². The van der Waals surface area contributed by atoms with Crippen molar-refractivity contribution in [1.82, 2.24) is 9.80 Å². The molecule has 0 aliphatic carbocycles. The van der Waals surface area contributed by atoms with E-state index in [0.717, 1.165) is 17.7 Å². The molecule has 1 aliphatic heterocycles. The van der Waals surface area contributed by atoms with Gasteiger partial charge in [-0.15, -0.1) is 11.3 Å². The first kappa shape index (κ1) is 14.8. The maximum absolute atomic E-state index is 12.1. The molecule has 2 rings (SSSR count). The zero-order valence-corrected chi connectivity index (χ0v) is 12.5. The third-order valence-electron chi connectivity index (χ3n) is 3.28. The van der Waals surface area contributed by atoms with Gasteiger partial charge in [0.1, 0.15) is 0 Å². The fraction of sp³-hybridized carbons (Fsp3) is 0.571. The van der Waals surface area contributed by atoms with Gasteiger partial charge in [-0.2, -0.15) is 0 Å². The van der Waals surface area contributed by atoms with Crippen LogP contribution in [0.3, 0.4) is 0 Å². The Labute approximate surface area is 123 Å². The monoisotopic (exact) mass is 296 g/mol. The molecule has 6 heteroatoms. The van der Waals surface area contributed by atoms with E-state index in [-0.39, 0.29) is 12.0 Å². The molecule has 0 saturated carbocycles. The average molecular weight is 296 g/mol. The molecule has 20 heavy (non-hydrogen) atoms. The van der Waals surface area contributed by atoms with Crippen LogP contribution in [0.2, 0.25) is 0 Å². The molecule has 1 saturated heterocycles. The molecule has 0 atom stereocenters. The van der Waals surface area contributed by atoms with E-state index in [9.17, 15) is 9.59 Å². The first-order valence-electron chi connectivity index (χ1n) is 6.97. The van der Waals surface area contributed by atoms with Crippen LogP contribution in [0.15, 0.2) is 17.5 Å². The Morgan fingerprint density at radius 3 is 2.55 bits per heavy atom. The average Bonchev–Trinajstić information content (AvgIpc) is 3.01. The Balaban J connectivity index is 1.77. The Morgan fingerprint density at radius 2 is 1.95 bits per heavy atom. The molecule has 2 amide bonds. The van der Waals surface area contributed by atoms with E-state index in [2.05, 4.69) is 6.92 Å². The number of carbonyl (C=O) groups excluding carboxylic acids is 2. The molecule has 1 aromatic rings. The van der Waals surface area contributed by atoms with Crippen LogP contribution in [0.5, 0.6) is 0 Å². The lowest BCUT2D eigenvalue weighted by Gasteiger charge is -2.33. The molecule has 1 aliphatic rings. The maximum atomic E-state index is 12.1. The molecular weight excluding hydrogens is 276 g/mol. The number of piperazine rings is 1. The van der Waals surface area contributed by atoms with Gasteiger partial charge in [-0.1, -0.05) is 19.4 Å². The minimum Gasteiger partial charge on any atom is -0.449 e. The molecule has 0 radical (unpaired) electrons. The Kier molecular flexibility index (Phi) is 5.40. The lowest BCUT2D eigenvalue weighted by atomic mass is 10.3. The van der Waals surface area contributed by atoms with Crippen LogP contribution in [0.1, 0.15) is 29.4 Å². The van der Waals surface area contributed by atoms with Gasteiger partial charge in [0.05, 0.1) is 11.5 Å². The van der Waals surface area contributed by atoms with E-state index in [1.165, 1.54) is 11.3 Å². The number of rotatable bonds is 4. The molecule has 0 aromatic carbocycles. The SMILES string of the molecule is CCCCOC(=O)N1CCN(C(=O)c2cccs2)CC1. The standard InChI is InChI=1S/C14H20N2O3S/c1-2-3-10-19-14(18)16-8-6-15(7-9-16)13(17)12-5-4-11-20-12/h4-5,11H,2-3,6-10H2,1H3. The molecule has 0 N–H and O–H groups in total. The number of hydrogen-bond donors (Lipinski definition) is 0. The lowest BCUT2D eigenvalue weighted by molar-refractivity contribution is 0.0561. The minimum atomic E-state index is -0.262. The largest absolute Gasteiger partial charge is 0.449 e. The molecular formula is C14H20N2O3S. The van der Waals surface area contributed by atoms with Crippen LogP contribution >= 0.6 is 11.3 Å². The lowest BCUT2D eigenvalue weighted by Crippen LogP contribution is -2.50. The van der Waals surface area contributed by atoms with Gasteiger partial charge in [0, 0.05) is 26.2 Å². The topological polar surface area (TPSA) is 49.9 Å². The van der Waals surface area contributed by atoms with Gasteiger partial charge in [0.25, 0.3) is 5.91 Å². The quantitative estimate of drug-likeness (QED) is 0.802. The minimum absolute atomic E-state index is 0.0546. The number of unbranched alkanes of at least 4 members (excludes halogenated alkanes) is 1. The first-order chi connectivity index (χ1) is 9.72. The second kappa shape index (κ2) is 7.28. The molecule has 0 bridgehead atoms. The Morgan fingerprint density at radius 1 is 1.25 bits per heavy atom. The van der Waals surface area contributed by atoms with Gasteiger partial charge < -0.3 is 14.5 Å². The van der Waals surface area contributed by atoms with Crippen molar-refractivity contribution in [3.63, 3.8) is 0 Å². The van der Waals surface area contributed by atoms with Crippen molar-refractivity contribution in [2.75, 3.05) is 32.8 Å². The van der Waals surface area contributed by atoms with Crippen molar-refractivity contribution in [3.8, 4) is 0 Å². The summed E-state index contributed by atoms with van der Waals surface area (Å²) in [4.78, 5) is 28.2. The number of thiophene rings is 1. The van der Waals surface area contributed by atoms with Gasteiger partial charge in [0.2, 0.25) is 0 Å². The van der Waals surface area contributed by atoms with Crippen LogP contribution in [-0.4, -0.2) is 54.6 Å². The summed E-state index contributed by atoms with van der Waals surface area (Å²) in [6.45, 7) is 4.76. The highest BCUT2D eigenvalue weighted by Crippen LogP contribution is 2.14. The summed E-state index contributed by atoms with van der Waals surface area (Å²) in [6, 6.07) is 3.71. The van der Waals surface area contributed by atoms with Gasteiger partial charge >= 0.3 is 6.09 Å². The molecule has 5 nitrogen and oxygen atoms in total. The fourth-order valence-electron chi connectivity index (χ4n) is 2.04. The number of nitrogens with zero attached hydrogens (tertiary/aromatic N) is 2. The van der Waals surface area contributed by atoms with Crippen molar-refractivity contribution in [2.45, 2.75) is 19.8 Å². The first-order valence-corrected chi connectivity index (χ1v) is 7.85. The zero-order chi connectivity index (χ0) is 14.4. The van der Waals surface area contributed by atoms with Crippen LogP contribution < -0.4 is 0 Å². The molecule has 1 aromatic heterocycles. The van der Waals surface area contributed by atoms with Gasteiger partial charge in [0.15, 0.2) is 0 Å². The second-order valence-corrected chi connectivity index (χ2v) is 5.67. The normalized spacial score (nSPS) is 15.2. The van der Waals surface area contributed by atoms with Gasteiger partial charge in [-0.05, 0) is 17.9 Å². The molecule has 2 heterocycles. The Hall–Kier alpha value is -1.56. The Bertz CT molecular complexity index is 439. The van der Waals surface area contributed by atoms with E-state index in [0.29, 0.717) is 32.8 Å². The number of ether oxygens (including phenoxy) is 1. The molecule has 1 fully saturated rings. The summed E-state index contributed by atoms with van der Waals surface area (Å²) in [6.07, 6.45) is 1.64. The smallest absolute Gasteiger partial charge is 0.409 e. The molecule has 0 unspecified atom stereocenters. The second-order valence-electron chi connectivity index (χ2n) is 4.72. The summed E-state index contributed by atoms with van der Waals surface area (Å²) >= 11 is 1.45. The van der Waals surface area contributed by atoms with Crippen LogP contribution in [0.25, 0.3) is 0 Å². The highest BCUT2D eigenvalue weighted by atomic mass is 32.1. The third-order valence-corrected chi connectivity index (χ3v) is 4.14. The van der Waals surface area contributed by atoms with E-state index < -0.39 is 0 Å². The zero-order valence-electron chi connectivity index (χ0n) is 11.7. The van der Waals surface area contributed by atoms with E-state index in [1.54, 1.807) is 9.80 Å². The van der Waals surface area contributed by atoms with Gasteiger partial charge in [-0.25, -0.2) is 4.79 Å². The van der Waals surface area contributed by atoms with Crippen LogP contribution in [-0.2, 0) is 4.74 Å². The van der Waals surface area contributed by atoms with Crippen molar-refractivity contribution < 1.29 is 14.3 Å². The summed E-state index contributed by atoms with van der Waals surface area (Å²) in [7, 11) is 0. The van der Waals surface area contributed by atoms with Gasteiger partial charge in [-0.3, -0.25) is 4.79 Å². The third kappa shape index (κ3) is 3.72. The molecule has 110 valence electrons.